The zero-order valence-corrected chi connectivity index (χ0v) is 12.6. The third-order valence-electron chi connectivity index (χ3n) is 3.49. The van der Waals surface area contributed by atoms with Crippen LogP contribution in [0.15, 0.2) is 12.7 Å². The van der Waals surface area contributed by atoms with Crippen LogP contribution in [0.25, 0.3) is 0 Å². The molecule has 0 bridgehead atoms. The number of hydrogen-bond acceptors (Lipinski definition) is 2. The Balaban J connectivity index is 2.45. The average Bonchev–Trinajstić information content (AvgIpc) is 2.75. The fraction of sp³-hybridized carbons (Fsp3) is 0.750. The molecule has 2 nitrogen and oxygen atoms in total. The maximum absolute atomic E-state index is 12.1. The molecule has 1 saturated carbocycles. The van der Waals surface area contributed by atoms with Gasteiger partial charge in [0, 0.05) is 30.3 Å². The highest BCUT2D eigenvalue weighted by Gasteiger charge is 2.40. The van der Waals surface area contributed by atoms with Crippen LogP contribution in [-0.4, -0.2) is 5.91 Å². The molecule has 0 aromatic carbocycles. The molecule has 0 radical (unpaired) electrons. The molecule has 0 spiro atoms. The Labute approximate surface area is 115 Å². The second-order valence-electron chi connectivity index (χ2n) is 4.53. The van der Waals surface area contributed by atoms with Gasteiger partial charge in [0.05, 0.1) is 5.41 Å². The molecule has 1 rings (SSSR count). The molecule has 1 aliphatic carbocycles. The van der Waals surface area contributed by atoms with Gasteiger partial charge in [-0.1, -0.05) is 25.3 Å². The first-order chi connectivity index (χ1) is 7.75. The lowest BCUT2D eigenvalue weighted by Crippen LogP contribution is -2.35. The van der Waals surface area contributed by atoms with Gasteiger partial charge in [0.25, 0.3) is 0 Å². The van der Waals surface area contributed by atoms with Crippen molar-refractivity contribution < 1.29 is 4.79 Å². The number of carbonyl (C=O) groups excluding carboxylic acids is 1. The Morgan fingerprint density at radius 3 is 2.69 bits per heavy atom. The Hall–Kier alpha value is 0.290. The molecule has 1 amide bonds. The minimum Gasteiger partial charge on any atom is -0.291 e. The van der Waals surface area contributed by atoms with E-state index in [9.17, 15) is 4.79 Å². The molecule has 0 atom stereocenters. The van der Waals surface area contributed by atoms with Crippen molar-refractivity contribution in [3.63, 3.8) is 0 Å². The summed E-state index contributed by atoms with van der Waals surface area (Å²) in [5, 5.41) is 0. The number of nitrogens with one attached hydrogen (secondary N) is 1. The van der Waals surface area contributed by atoms with E-state index in [1.165, 1.54) is 22.0 Å². The summed E-state index contributed by atoms with van der Waals surface area (Å²) in [4.78, 5) is 12.1. The molecule has 1 fully saturated rings. The second-order valence-corrected chi connectivity index (χ2v) is 6.21. The molecule has 1 N–H and O–H groups in total. The molecule has 0 heterocycles. The lowest BCUT2D eigenvalue weighted by Gasteiger charge is -2.26. The average molecular weight is 353 g/mol. The summed E-state index contributed by atoms with van der Waals surface area (Å²) >= 11 is 2.12. The number of allylic oxidation sites excluding steroid dienone is 1. The van der Waals surface area contributed by atoms with Gasteiger partial charge >= 0.3 is 0 Å². The zero-order chi connectivity index (χ0) is 11.9. The van der Waals surface area contributed by atoms with Gasteiger partial charge in [0.1, 0.15) is 0 Å². The van der Waals surface area contributed by atoms with Crippen molar-refractivity contribution >= 4 is 36.2 Å². The normalized spacial score (nSPS) is 18.3. The van der Waals surface area contributed by atoms with Gasteiger partial charge in [-0.2, -0.15) is 0 Å². The van der Waals surface area contributed by atoms with Crippen molar-refractivity contribution in [3.8, 4) is 0 Å². The summed E-state index contributed by atoms with van der Waals surface area (Å²) < 4.78 is 2.91. The Kier molecular flexibility index (Phi) is 6.80. The standard InChI is InChI=1S/C12H20INOS/c1-2-3-4-5-8-12(9-6-7-10-12)11(15)14-16-13/h2H,1,3-10H2,(H,14,15). The third kappa shape index (κ3) is 3.95. The topological polar surface area (TPSA) is 29.1 Å². The van der Waals surface area contributed by atoms with Crippen LogP contribution in [0.5, 0.6) is 0 Å². The van der Waals surface area contributed by atoms with Gasteiger partial charge in [-0.25, -0.2) is 0 Å². The molecule has 0 unspecified atom stereocenters. The quantitative estimate of drug-likeness (QED) is 0.318. The van der Waals surface area contributed by atoms with Crippen molar-refractivity contribution in [2.24, 2.45) is 5.41 Å². The highest BCUT2D eigenvalue weighted by Crippen LogP contribution is 2.43. The second kappa shape index (κ2) is 7.58. The minimum absolute atomic E-state index is 0.0562. The molecule has 1 aliphatic rings. The SMILES string of the molecule is C=CCCCCC1(C(=O)NSI)CCCC1. The summed E-state index contributed by atoms with van der Waals surface area (Å²) in [6.45, 7) is 3.73. The van der Waals surface area contributed by atoms with E-state index in [2.05, 4.69) is 32.5 Å². The summed E-state index contributed by atoms with van der Waals surface area (Å²) in [6.07, 6.45) is 10.9. The van der Waals surface area contributed by atoms with Crippen LogP contribution in [-0.2, 0) is 4.79 Å². The summed E-state index contributed by atoms with van der Waals surface area (Å²) in [6, 6.07) is 0. The van der Waals surface area contributed by atoms with Crippen molar-refractivity contribution in [1.29, 1.82) is 0 Å². The first-order valence-electron chi connectivity index (χ1n) is 5.94. The van der Waals surface area contributed by atoms with Crippen molar-refractivity contribution in [2.45, 2.75) is 51.4 Å². The fourth-order valence-electron chi connectivity index (χ4n) is 2.54. The van der Waals surface area contributed by atoms with E-state index < -0.39 is 0 Å². The molecule has 0 saturated heterocycles. The number of amides is 1. The molecule has 0 aliphatic heterocycles. The number of halogens is 1. The van der Waals surface area contributed by atoms with Gasteiger partial charge in [-0.3, -0.25) is 9.52 Å². The van der Waals surface area contributed by atoms with Crippen LogP contribution >= 0.6 is 30.3 Å². The number of unbranched alkanes of at least 4 members (excludes halogenated alkanes) is 2. The summed E-state index contributed by atoms with van der Waals surface area (Å²) in [5.74, 6) is 0.253. The Morgan fingerprint density at radius 1 is 1.44 bits per heavy atom. The van der Waals surface area contributed by atoms with E-state index in [4.69, 9.17) is 0 Å². The fourth-order valence-corrected chi connectivity index (χ4v) is 3.42. The summed E-state index contributed by atoms with van der Waals surface area (Å²) in [5.41, 5.74) is -0.0562. The third-order valence-corrected chi connectivity index (χ3v) is 4.41. The van der Waals surface area contributed by atoms with Gasteiger partial charge in [0.15, 0.2) is 0 Å². The van der Waals surface area contributed by atoms with E-state index in [1.54, 1.807) is 0 Å². The van der Waals surface area contributed by atoms with E-state index in [-0.39, 0.29) is 11.3 Å². The first-order valence-corrected chi connectivity index (χ1v) is 9.30. The van der Waals surface area contributed by atoms with Crippen LogP contribution < -0.4 is 4.72 Å². The molecule has 92 valence electrons. The lowest BCUT2D eigenvalue weighted by molar-refractivity contribution is -0.129. The Bertz CT molecular complexity index is 239. The zero-order valence-electron chi connectivity index (χ0n) is 9.64. The van der Waals surface area contributed by atoms with Crippen LogP contribution in [0.1, 0.15) is 51.4 Å². The molecular weight excluding hydrogens is 333 g/mol. The van der Waals surface area contributed by atoms with Gasteiger partial charge in [-0.05, 0) is 32.1 Å². The first kappa shape index (κ1) is 14.4. The molecule has 0 aromatic heterocycles. The maximum Gasteiger partial charge on any atom is 0.236 e. The predicted octanol–water partition coefficient (Wildman–Crippen LogP) is 4.41. The van der Waals surface area contributed by atoms with E-state index in [0.717, 1.165) is 38.5 Å². The largest absolute Gasteiger partial charge is 0.291 e. The monoisotopic (exact) mass is 353 g/mol. The van der Waals surface area contributed by atoms with Gasteiger partial charge in [-0.15, -0.1) is 6.58 Å². The molecule has 16 heavy (non-hydrogen) atoms. The number of hydrogen-bond donors (Lipinski definition) is 1. The van der Waals surface area contributed by atoms with Crippen molar-refractivity contribution in [1.82, 2.24) is 4.72 Å². The maximum atomic E-state index is 12.1. The lowest BCUT2D eigenvalue weighted by atomic mass is 9.80. The number of rotatable bonds is 7. The van der Waals surface area contributed by atoms with Crippen molar-refractivity contribution in [2.75, 3.05) is 0 Å². The van der Waals surface area contributed by atoms with Gasteiger partial charge < -0.3 is 0 Å². The highest BCUT2D eigenvalue weighted by molar-refractivity contribution is 14.2. The summed E-state index contributed by atoms with van der Waals surface area (Å²) in [7, 11) is 1.39. The van der Waals surface area contributed by atoms with Crippen LogP contribution in [0.2, 0.25) is 0 Å². The molecular formula is C12H20INOS. The minimum atomic E-state index is -0.0562. The van der Waals surface area contributed by atoms with E-state index in [0.29, 0.717) is 0 Å². The Morgan fingerprint density at radius 2 is 2.12 bits per heavy atom. The van der Waals surface area contributed by atoms with E-state index in [1.807, 2.05) is 6.08 Å². The predicted molar refractivity (Wildman–Crippen MR) is 79.3 cm³/mol. The van der Waals surface area contributed by atoms with Crippen LogP contribution in [0.3, 0.4) is 0 Å². The molecule has 0 aromatic rings. The van der Waals surface area contributed by atoms with Crippen molar-refractivity contribution in [3.05, 3.63) is 12.7 Å². The number of carbonyl (C=O) groups is 1. The smallest absolute Gasteiger partial charge is 0.236 e. The molecule has 4 heteroatoms. The highest BCUT2D eigenvalue weighted by atomic mass is 127. The van der Waals surface area contributed by atoms with E-state index >= 15 is 0 Å². The van der Waals surface area contributed by atoms with Crippen LogP contribution in [0.4, 0.5) is 0 Å². The van der Waals surface area contributed by atoms with Gasteiger partial charge in [0.2, 0.25) is 5.91 Å². The van der Waals surface area contributed by atoms with Crippen LogP contribution in [0, 0.1) is 5.41 Å².